The average Bonchev–Trinajstić information content (AvgIpc) is 3.27. The molecule has 1 amide bonds. The molecule has 2 aliphatic heterocycles. The summed E-state index contributed by atoms with van der Waals surface area (Å²) in [7, 11) is 0. The Morgan fingerprint density at radius 2 is 2.20 bits per heavy atom. The SMILES string of the molecule is CCn1ncc(C2=NOC(C(=O)N3CCCc4ccccc43)C2)c1C. The largest absolute Gasteiger partial charge is 0.382 e. The first-order chi connectivity index (χ1) is 12.2. The molecule has 6 nitrogen and oxygen atoms in total. The molecule has 0 saturated heterocycles. The van der Waals surface area contributed by atoms with Gasteiger partial charge in [-0.05, 0) is 38.3 Å². The van der Waals surface area contributed by atoms with Crippen LogP contribution in [0.2, 0.25) is 0 Å². The molecule has 0 bridgehead atoms. The maximum absolute atomic E-state index is 13.0. The molecule has 25 heavy (non-hydrogen) atoms. The van der Waals surface area contributed by atoms with E-state index in [4.69, 9.17) is 4.84 Å². The Kier molecular flexibility index (Phi) is 4.03. The lowest BCUT2D eigenvalue weighted by Gasteiger charge is -2.30. The number of para-hydroxylation sites is 1. The number of amides is 1. The topological polar surface area (TPSA) is 59.7 Å². The lowest BCUT2D eigenvalue weighted by atomic mass is 10.00. The van der Waals surface area contributed by atoms with Gasteiger partial charge in [0.1, 0.15) is 0 Å². The minimum atomic E-state index is -0.550. The summed E-state index contributed by atoms with van der Waals surface area (Å²) in [4.78, 5) is 20.4. The minimum Gasteiger partial charge on any atom is -0.382 e. The molecule has 6 heteroatoms. The second-order valence-electron chi connectivity index (χ2n) is 6.52. The van der Waals surface area contributed by atoms with Crippen LogP contribution in [0.3, 0.4) is 0 Å². The third kappa shape index (κ3) is 2.71. The summed E-state index contributed by atoms with van der Waals surface area (Å²) in [6.45, 7) is 5.62. The minimum absolute atomic E-state index is 0.00793. The van der Waals surface area contributed by atoms with Crippen LogP contribution in [0.4, 0.5) is 5.69 Å². The van der Waals surface area contributed by atoms with Gasteiger partial charge in [-0.1, -0.05) is 23.4 Å². The quantitative estimate of drug-likeness (QED) is 0.864. The highest BCUT2D eigenvalue weighted by Crippen LogP contribution is 2.29. The zero-order valence-corrected chi connectivity index (χ0v) is 14.6. The van der Waals surface area contributed by atoms with Gasteiger partial charge in [0.15, 0.2) is 0 Å². The molecule has 0 aliphatic carbocycles. The van der Waals surface area contributed by atoms with Crippen molar-refractivity contribution in [3.05, 3.63) is 47.3 Å². The number of hydrogen-bond acceptors (Lipinski definition) is 4. The molecule has 4 rings (SSSR count). The van der Waals surface area contributed by atoms with Crippen LogP contribution >= 0.6 is 0 Å². The number of carbonyl (C=O) groups excluding carboxylic acids is 1. The molecule has 1 atom stereocenters. The van der Waals surface area contributed by atoms with Gasteiger partial charge in [0, 0.05) is 36.5 Å². The molecule has 1 unspecified atom stereocenters. The second kappa shape index (κ2) is 6.35. The van der Waals surface area contributed by atoms with Crippen LogP contribution in [0.1, 0.15) is 36.6 Å². The highest BCUT2D eigenvalue weighted by atomic mass is 16.6. The van der Waals surface area contributed by atoms with Gasteiger partial charge >= 0.3 is 0 Å². The molecule has 0 N–H and O–H groups in total. The predicted octanol–water partition coefficient (Wildman–Crippen LogP) is 2.68. The van der Waals surface area contributed by atoms with Crippen molar-refractivity contribution in [2.24, 2.45) is 5.16 Å². The predicted molar refractivity (Wildman–Crippen MR) is 95.8 cm³/mol. The van der Waals surface area contributed by atoms with Gasteiger partial charge in [0.25, 0.3) is 5.91 Å². The first kappa shape index (κ1) is 15.9. The molecular formula is C19H22N4O2. The number of rotatable bonds is 3. The lowest BCUT2D eigenvalue weighted by Crippen LogP contribution is -2.42. The number of hydrogen-bond donors (Lipinski definition) is 0. The van der Waals surface area contributed by atoms with Gasteiger partial charge < -0.3 is 9.74 Å². The number of aromatic nitrogens is 2. The van der Waals surface area contributed by atoms with Crippen LogP contribution in [0, 0.1) is 6.92 Å². The Morgan fingerprint density at radius 3 is 3.00 bits per heavy atom. The molecule has 130 valence electrons. The van der Waals surface area contributed by atoms with Crippen LogP contribution in [-0.2, 0) is 22.6 Å². The number of anilines is 1. The summed E-state index contributed by atoms with van der Waals surface area (Å²) in [5.41, 5.74) is 5.06. The molecular weight excluding hydrogens is 316 g/mol. The highest BCUT2D eigenvalue weighted by Gasteiger charge is 2.35. The monoisotopic (exact) mass is 338 g/mol. The molecule has 0 saturated carbocycles. The van der Waals surface area contributed by atoms with E-state index >= 15 is 0 Å². The lowest BCUT2D eigenvalue weighted by molar-refractivity contribution is -0.128. The zero-order chi connectivity index (χ0) is 17.4. The zero-order valence-electron chi connectivity index (χ0n) is 14.6. The summed E-state index contributed by atoms with van der Waals surface area (Å²) in [5.74, 6) is -0.00793. The fourth-order valence-electron chi connectivity index (χ4n) is 3.65. The number of benzene rings is 1. The van der Waals surface area contributed by atoms with E-state index in [1.807, 2.05) is 40.9 Å². The van der Waals surface area contributed by atoms with Gasteiger partial charge in [0.2, 0.25) is 6.10 Å². The van der Waals surface area contributed by atoms with Crippen molar-refractivity contribution in [1.29, 1.82) is 0 Å². The van der Waals surface area contributed by atoms with E-state index in [9.17, 15) is 4.79 Å². The number of nitrogens with zero attached hydrogens (tertiary/aromatic N) is 4. The van der Waals surface area contributed by atoms with Gasteiger partial charge in [-0.3, -0.25) is 9.48 Å². The van der Waals surface area contributed by atoms with Crippen molar-refractivity contribution >= 4 is 17.3 Å². The molecule has 0 fully saturated rings. The summed E-state index contributed by atoms with van der Waals surface area (Å²) < 4.78 is 1.92. The first-order valence-electron chi connectivity index (χ1n) is 8.83. The van der Waals surface area contributed by atoms with E-state index in [2.05, 4.69) is 23.2 Å². The van der Waals surface area contributed by atoms with Crippen LogP contribution in [0.25, 0.3) is 0 Å². The number of aryl methyl sites for hydroxylation is 2. The summed E-state index contributed by atoms with van der Waals surface area (Å²) >= 11 is 0. The molecule has 1 aromatic carbocycles. The number of oxime groups is 1. The molecule has 0 spiro atoms. The van der Waals surface area contributed by atoms with Crippen molar-refractivity contribution in [2.45, 2.75) is 45.8 Å². The fraction of sp³-hybridized carbons (Fsp3) is 0.421. The smallest absolute Gasteiger partial charge is 0.271 e. The molecule has 2 aromatic rings. The van der Waals surface area contributed by atoms with E-state index in [1.165, 1.54) is 5.56 Å². The first-order valence-corrected chi connectivity index (χ1v) is 8.83. The third-order valence-electron chi connectivity index (χ3n) is 5.03. The maximum atomic E-state index is 13.0. The van der Waals surface area contributed by atoms with Crippen LogP contribution in [0.15, 0.2) is 35.6 Å². The van der Waals surface area contributed by atoms with Crippen molar-refractivity contribution in [3.63, 3.8) is 0 Å². The highest BCUT2D eigenvalue weighted by molar-refractivity contribution is 6.07. The van der Waals surface area contributed by atoms with Gasteiger partial charge in [-0.15, -0.1) is 0 Å². The van der Waals surface area contributed by atoms with Crippen LogP contribution in [-0.4, -0.2) is 34.0 Å². The Hall–Kier alpha value is -2.63. The van der Waals surface area contributed by atoms with Crippen molar-refractivity contribution in [1.82, 2.24) is 9.78 Å². The third-order valence-corrected chi connectivity index (χ3v) is 5.03. The number of carbonyl (C=O) groups is 1. The van der Waals surface area contributed by atoms with Crippen molar-refractivity contribution in [2.75, 3.05) is 11.4 Å². The van der Waals surface area contributed by atoms with Crippen molar-refractivity contribution < 1.29 is 9.63 Å². The maximum Gasteiger partial charge on any atom is 0.271 e. The summed E-state index contributed by atoms with van der Waals surface area (Å²) in [5, 5.41) is 8.54. The van der Waals surface area contributed by atoms with Gasteiger partial charge in [0.05, 0.1) is 11.9 Å². The van der Waals surface area contributed by atoms with Crippen LogP contribution in [0.5, 0.6) is 0 Å². The van der Waals surface area contributed by atoms with Gasteiger partial charge in [-0.2, -0.15) is 5.10 Å². The normalized spacial score (nSPS) is 19.4. The molecule has 1 aromatic heterocycles. The Balaban J connectivity index is 1.52. The van der Waals surface area contributed by atoms with E-state index in [1.54, 1.807) is 0 Å². The average molecular weight is 338 g/mol. The Labute approximate surface area is 147 Å². The Bertz CT molecular complexity index is 840. The Morgan fingerprint density at radius 1 is 1.36 bits per heavy atom. The van der Waals surface area contributed by atoms with Crippen molar-refractivity contribution in [3.8, 4) is 0 Å². The second-order valence-corrected chi connectivity index (χ2v) is 6.52. The van der Waals surface area contributed by atoms with Crippen LogP contribution < -0.4 is 4.90 Å². The molecule has 0 radical (unpaired) electrons. The number of fused-ring (bicyclic) bond motifs is 1. The fourth-order valence-corrected chi connectivity index (χ4v) is 3.65. The van der Waals surface area contributed by atoms with E-state index in [0.717, 1.165) is 48.6 Å². The van der Waals surface area contributed by atoms with E-state index in [0.29, 0.717) is 6.42 Å². The summed E-state index contributed by atoms with van der Waals surface area (Å²) in [6, 6.07) is 8.10. The van der Waals surface area contributed by atoms with E-state index in [-0.39, 0.29) is 5.91 Å². The van der Waals surface area contributed by atoms with Gasteiger partial charge in [-0.25, -0.2) is 0 Å². The van der Waals surface area contributed by atoms with E-state index < -0.39 is 6.10 Å². The molecule has 2 aliphatic rings. The molecule has 3 heterocycles. The standard InChI is InChI=1S/C19H22N4O2/c1-3-23-13(2)15(12-20-23)16-11-18(25-21-16)19(24)22-10-6-8-14-7-4-5-9-17(14)22/h4-5,7,9,12,18H,3,6,8,10-11H2,1-2H3. The summed E-state index contributed by atoms with van der Waals surface area (Å²) in [6.07, 6.45) is 3.75.